The van der Waals surface area contributed by atoms with Crippen LogP contribution in [0.5, 0.6) is 0 Å². The number of allylic oxidation sites excluding steroid dienone is 2. The van der Waals surface area contributed by atoms with Crippen LogP contribution in [0.15, 0.2) is 176 Å². The molecule has 46 heavy (non-hydrogen) atoms. The fraction of sp³-hybridized carbons (Fsp3) is 0.0667. The van der Waals surface area contributed by atoms with Crippen LogP contribution in [0.25, 0.3) is 17.2 Å². The first-order chi connectivity index (χ1) is 22.5. The summed E-state index contributed by atoms with van der Waals surface area (Å²) in [5, 5.41) is 0. The van der Waals surface area contributed by atoms with Gasteiger partial charge in [0.2, 0.25) is 0 Å². The second-order valence-corrected chi connectivity index (χ2v) is 11.7. The van der Waals surface area contributed by atoms with Crippen molar-refractivity contribution < 1.29 is 0 Å². The summed E-state index contributed by atoms with van der Waals surface area (Å²) in [6.45, 7) is 6.38. The van der Waals surface area contributed by atoms with Gasteiger partial charge < -0.3 is 4.90 Å². The number of anilines is 2. The van der Waals surface area contributed by atoms with Crippen LogP contribution in [0, 0.1) is 20.8 Å². The number of nitrogens with zero attached hydrogens (tertiary/aromatic N) is 1. The number of aryl methyl sites for hydroxylation is 3. The third-order valence-corrected chi connectivity index (χ3v) is 8.19. The zero-order valence-corrected chi connectivity index (χ0v) is 26.8. The lowest BCUT2D eigenvalue weighted by Gasteiger charge is -2.24. The lowest BCUT2D eigenvalue weighted by Crippen LogP contribution is -2.10. The Bertz CT molecular complexity index is 1850. The minimum absolute atomic E-state index is 1.10. The molecule has 6 rings (SSSR count). The van der Waals surface area contributed by atoms with Crippen molar-refractivity contribution in [2.75, 3.05) is 4.90 Å². The number of hydrogen-bond donors (Lipinski definition) is 0. The maximum Gasteiger partial charge on any atom is 0.0456 e. The molecular weight excluding hydrogens is 555 g/mol. The van der Waals surface area contributed by atoms with Crippen LogP contribution >= 0.6 is 0 Å². The van der Waals surface area contributed by atoms with Gasteiger partial charge in [0.1, 0.15) is 0 Å². The minimum Gasteiger partial charge on any atom is -0.317 e. The van der Waals surface area contributed by atoms with Crippen LogP contribution in [-0.2, 0) is 0 Å². The molecule has 1 nitrogen and oxygen atoms in total. The summed E-state index contributed by atoms with van der Waals surface area (Å²) in [7, 11) is 0. The molecule has 1 heteroatoms. The summed E-state index contributed by atoms with van der Waals surface area (Å²) >= 11 is 0. The Morgan fingerprint density at radius 2 is 0.804 bits per heavy atom. The van der Waals surface area contributed by atoms with E-state index in [-0.39, 0.29) is 0 Å². The van der Waals surface area contributed by atoms with Gasteiger partial charge in [0.15, 0.2) is 0 Å². The van der Waals surface area contributed by atoms with Crippen LogP contribution in [0.2, 0.25) is 0 Å². The molecule has 0 atom stereocenters. The highest BCUT2D eigenvalue weighted by Crippen LogP contribution is 2.32. The Labute approximate surface area is 274 Å². The highest BCUT2D eigenvalue weighted by Gasteiger charge is 2.12. The van der Waals surface area contributed by atoms with Gasteiger partial charge in [-0.25, -0.2) is 0 Å². The molecule has 0 saturated heterocycles. The SMILES string of the molecule is Cc1ccc(C(=CC=Cc2ccc(N(C=C(c3ccccc3)c3ccccc3)c3ccc(C)cc3)cc2)c2ccc(C)cc2)cc1. The summed E-state index contributed by atoms with van der Waals surface area (Å²) < 4.78 is 0. The molecule has 0 spiro atoms. The second kappa shape index (κ2) is 14.4. The first-order valence-corrected chi connectivity index (χ1v) is 15.8. The molecule has 0 fully saturated rings. The molecule has 0 aromatic heterocycles. The van der Waals surface area contributed by atoms with E-state index in [4.69, 9.17) is 0 Å². The van der Waals surface area contributed by atoms with Gasteiger partial charge in [0, 0.05) is 23.1 Å². The van der Waals surface area contributed by atoms with Crippen LogP contribution in [0.4, 0.5) is 11.4 Å². The van der Waals surface area contributed by atoms with E-state index in [1.165, 1.54) is 44.5 Å². The van der Waals surface area contributed by atoms with E-state index >= 15 is 0 Å². The summed E-state index contributed by atoms with van der Waals surface area (Å²) in [5.41, 5.74) is 14.3. The topological polar surface area (TPSA) is 3.24 Å². The molecule has 0 N–H and O–H groups in total. The van der Waals surface area contributed by atoms with Crippen LogP contribution in [-0.4, -0.2) is 0 Å². The predicted octanol–water partition coefficient (Wildman–Crippen LogP) is 12.0. The van der Waals surface area contributed by atoms with Crippen molar-refractivity contribution in [1.29, 1.82) is 0 Å². The van der Waals surface area contributed by atoms with Gasteiger partial charge in [-0.3, -0.25) is 0 Å². The first-order valence-electron chi connectivity index (χ1n) is 15.8. The van der Waals surface area contributed by atoms with Crippen molar-refractivity contribution in [3.63, 3.8) is 0 Å². The number of hydrogen-bond acceptors (Lipinski definition) is 1. The molecule has 6 aromatic rings. The Hall–Kier alpha value is -5.66. The number of benzene rings is 6. The molecule has 0 aliphatic rings. The Morgan fingerprint density at radius 3 is 1.26 bits per heavy atom. The van der Waals surface area contributed by atoms with Gasteiger partial charge in [0.05, 0.1) is 0 Å². The van der Waals surface area contributed by atoms with E-state index in [0.717, 1.165) is 22.5 Å². The third kappa shape index (κ3) is 7.52. The zero-order chi connectivity index (χ0) is 31.7. The highest BCUT2D eigenvalue weighted by molar-refractivity contribution is 5.84. The third-order valence-electron chi connectivity index (χ3n) is 8.19. The van der Waals surface area contributed by atoms with E-state index in [1.807, 2.05) is 0 Å². The maximum absolute atomic E-state index is 2.29. The molecule has 0 heterocycles. The van der Waals surface area contributed by atoms with E-state index < -0.39 is 0 Å². The summed E-state index contributed by atoms with van der Waals surface area (Å²) in [4.78, 5) is 2.29. The van der Waals surface area contributed by atoms with Gasteiger partial charge in [-0.2, -0.15) is 0 Å². The normalized spacial score (nSPS) is 10.8. The maximum atomic E-state index is 2.29. The van der Waals surface area contributed by atoms with Gasteiger partial charge in [-0.15, -0.1) is 0 Å². The molecule has 0 radical (unpaired) electrons. The molecule has 0 unspecified atom stereocenters. The fourth-order valence-corrected chi connectivity index (χ4v) is 5.51. The molecule has 0 aliphatic heterocycles. The fourth-order valence-electron chi connectivity index (χ4n) is 5.51. The molecule has 0 bridgehead atoms. The summed E-state index contributed by atoms with van der Waals surface area (Å²) in [5.74, 6) is 0. The van der Waals surface area contributed by atoms with Crippen molar-refractivity contribution in [1.82, 2.24) is 0 Å². The van der Waals surface area contributed by atoms with Crippen molar-refractivity contribution in [3.05, 3.63) is 221 Å². The standard InChI is InChI=1S/C45H39N/c1-34-17-25-40(26-18-34)44(41-27-19-35(2)20-28-41)16-10-11-37-23-31-43(32-24-37)46(42-29-21-36(3)22-30-42)33-45(38-12-6-4-7-13-38)39-14-8-5-9-15-39/h4-33H,1-3H3. The molecule has 0 amide bonds. The molecule has 6 aromatic carbocycles. The Morgan fingerprint density at radius 1 is 0.413 bits per heavy atom. The highest BCUT2D eigenvalue weighted by atomic mass is 15.1. The Balaban J connectivity index is 1.35. The Kier molecular flexibility index (Phi) is 9.52. The number of rotatable bonds is 9. The van der Waals surface area contributed by atoms with Gasteiger partial charge >= 0.3 is 0 Å². The average Bonchev–Trinajstić information content (AvgIpc) is 3.10. The largest absolute Gasteiger partial charge is 0.317 e. The van der Waals surface area contributed by atoms with Crippen LogP contribution < -0.4 is 4.90 Å². The smallest absolute Gasteiger partial charge is 0.0456 e. The van der Waals surface area contributed by atoms with Gasteiger partial charge in [-0.05, 0) is 78.4 Å². The monoisotopic (exact) mass is 593 g/mol. The second-order valence-electron chi connectivity index (χ2n) is 11.7. The molecular formula is C45H39N. The molecule has 0 saturated carbocycles. The minimum atomic E-state index is 1.10. The predicted molar refractivity (Wildman–Crippen MR) is 198 cm³/mol. The summed E-state index contributed by atoms with van der Waals surface area (Å²) in [6, 6.07) is 56.3. The zero-order valence-electron chi connectivity index (χ0n) is 26.8. The van der Waals surface area contributed by atoms with E-state index in [0.29, 0.717) is 0 Å². The quantitative estimate of drug-likeness (QED) is 0.151. The summed E-state index contributed by atoms with van der Waals surface area (Å²) in [6.07, 6.45) is 8.82. The van der Waals surface area contributed by atoms with Crippen molar-refractivity contribution >= 4 is 28.6 Å². The van der Waals surface area contributed by atoms with E-state index in [1.54, 1.807) is 0 Å². The van der Waals surface area contributed by atoms with Crippen LogP contribution in [0.3, 0.4) is 0 Å². The molecule has 224 valence electrons. The van der Waals surface area contributed by atoms with Crippen molar-refractivity contribution in [2.24, 2.45) is 0 Å². The lowest BCUT2D eigenvalue weighted by atomic mass is 9.96. The van der Waals surface area contributed by atoms with Gasteiger partial charge in [0.25, 0.3) is 0 Å². The first kappa shape index (κ1) is 30.4. The van der Waals surface area contributed by atoms with E-state index in [2.05, 4.69) is 208 Å². The van der Waals surface area contributed by atoms with Crippen LogP contribution in [0.1, 0.15) is 44.5 Å². The molecule has 0 aliphatic carbocycles. The average molecular weight is 594 g/mol. The van der Waals surface area contributed by atoms with Crippen molar-refractivity contribution in [2.45, 2.75) is 20.8 Å². The van der Waals surface area contributed by atoms with Gasteiger partial charge in [-0.1, -0.05) is 168 Å². The van der Waals surface area contributed by atoms with E-state index in [9.17, 15) is 0 Å². The lowest BCUT2D eigenvalue weighted by molar-refractivity contribution is 1.27. The van der Waals surface area contributed by atoms with Crippen molar-refractivity contribution in [3.8, 4) is 0 Å².